The van der Waals surface area contributed by atoms with E-state index >= 15 is 0 Å². The molecule has 0 saturated carbocycles. The second-order valence-corrected chi connectivity index (χ2v) is 3.50. The molecule has 0 spiro atoms. The van der Waals surface area contributed by atoms with Crippen LogP contribution in [0.1, 0.15) is 26.2 Å². The zero-order valence-corrected chi connectivity index (χ0v) is 8.30. The van der Waals surface area contributed by atoms with E-state index in [1.165, 1.54) is 0 Å². The Labute approximate surface area is 75.1 Å². The number of halogens is 1. The molecule has 0 heterocycles. The average Bonchev–Trinajstić information content (AvgIpc) is 1.88. The number of carbonyl (C=O) groups is 1. The van der Waals surface area contributed by atoms with Crippen LogP contribution in [-0.2, 0) is 4.79 Å². The lowest BCUT2D eigenvalue weighted by atomic mass is 10.1. The zero-order chi connectivity index (χ0) is 7.98. The van der Waals surface area contributed by atoms with Crippen LogP contribution in [0.2, 0.25) is 0 Å². The summed E-state index contributed by atoms with van der Waals surface area (Å²) in [6, 6.07) is 0. The largest absolute Gasteiger partial charge is 0.481 e. The molecule has 0 saturated heterocycles. The van der Waals surface area contributed by atoms with Crippen LogP contribution in [0.3, 0.4) is 0 Å². The molecule has 0 rings (SSSR count). The highest BCUT2D eigenvalue weighted by Crippen LogP contribution is 2.08. The molecule has 1 N–H and O–H groups in total. The van der Waals surface area contributed by atoms with Crippen LogP contribution in [0.15, 0.2) is 0 Å². The van der Waals surface area contributed by atoms with Crippen LogP contribution in [0, 0.1) is 5.92 Å². The van der Waals surface area contributed by atoms with E-state index in [0.717, 1.165) is 23.7 Å². The summed E-state index contributed by atoms with van der Waals surface area (Å²) in [4.78, 5) is 10.3. The molecule has 0 bridgehead atoms. The Kier molecular flexibility index (Phi) is 6.06. The quantitative estimate of drug-likeness (QED) is 0.465. The van der Waals surface area contributed by atoms with Crippen LogP contribution < -0.4 is 0 Å². The van der Waals surface area contributed by atoms with E-state index in [-0.39, 0.29) is 5.92 Å². The number of alkyl halides is 1. The van der Waals surface area contributed by atoms with Gasteiger partial charge in [-0.05, 0) is 17.3 Å². The van der Waals surface area contributed by atoms with Crippen molar-refractivity contribution < 1.29 is 9.90 Å². The summed E-state index contributed by atoms with van der Waals surface area (Å²) in [7, 11) is 0. The molecule has 0 amide bonds. The topological polar surface area (TPSA) is 37.3 Å². The van der Waals surface area contributed by atoms with E-state index < -0.39 is 5.97 Å². The van der Waals surface area contributed by atoms with Crippen molar-refractivity contribution in [2.24, 2.45) is 5.92 Å². The van der Waals surface area contributed by atoms with E-state index in [9.17, 15) is 4.79 Å². The highest BCUT2D eigenvalue weighted by Gasteiger charge is 2.08. The van der Waals surface area contributed by atoms with Gasteiger partial charge >= 0.3 is 5.97 Å². The van der Waals surface area contributed by atoms with Crippen molar-refractivity contribution in [3.63, 3.8) is 0 Å². The molecular formula is C7H13IO2. The minimum atomic E-state index is -0.673. The maximum absolute atomic E-state index is 10.3. The molecule has 0 radical (unpaired) electrons. The molecule has 1 unspecified atom stereocenters. The first-order chi connectivity index (χ1) is 4.68. The molecule has 0 aliphatic carbocycles. The van der Waals surface area contributed by atoms with E-state index in [0.29, 0.717) is 0 Å². The lowest BCUT2D eigenvalue weighted by Gasteiger charge is -2.02. The van der Waals surface area contributed by atoms with Crippen molar-refractivity contribution in [2.45, 2.75) is 26.2 Å². The van der Waals surface area contributed by atoms with Gasteiger partial charge in [0.1, 0.15) is 0 Å². The SMILES string of the molecule is CC(CCCCI)C(=O)O. The first-order valence-electron chi connectivity index (χ1n) is 3.47. The number of hydrogen-bond donors (Lipinski definition) is 1. The van der Waals surface area contributed by atoms with Crippen LogP contribution in [-0.4, -0.2) is 15.5 Å². The molecule has 60 valence electrons. The van der Waals surface area contributed by atoms with Gasteiger partial charge in [0.25, 0.3) is 0 Å². The first-order valence-corrected chi connectivity index (χ1v) is 4.99. The van der Waals surface area contributed by atoms with Crippen LogP contribution in [0.5, 0.6) is 0 Å². The monoisotopic (exact) mass is 256 g/mol. The molecule has 0 fully saturated rings. The van der Waals surface area contributed by atoms with Gasteiger partial charge in [0.15, 0.2) is 0 Å². The molecule has 0 aliphatic heterocycles. The standard InChI is InChI=1S/C7H13IO2/c1-6(7(9)10)4-2-3-5-8/h6H,2-5H2,1H3,(H,9,10). The summed E-state index contributed by atoms with van der Waals surface area (Å²) in [5.41, 5.74) is 0. The van der Waals surface area contributed by atoms with E-state index in [2.05, 4.69) is 22.6 Å². The smallest absolute Gasteiger partial charge is 0.306 e. The Morgan fingerprint density at radius 2 is 2.20 bits per heavy atom. The summed E-state index contributed by atoms with van der Waals surface area (Å²) in [6.45, 7) is 1.76. The summed E-state index contributed by atoms with van der Waals surface area (Å²) in [5.74, 6) is -0.837. The zero-order valence-electron chi connectivity index (χ0n) is 6.14. The highest BCUT2D eigenvalue weighted by atomic mass is 127. The Morgan fingerprint density at radius 3 is 2.60 bits per heavy atom. The Balaban J connectivity index is 3.21. The summed E-state index contributed by atoms with van der Waals surface area (Å²) in [5, 5.41) is 8.48. The fourth-order valence-electron chi connectivity index (χ4n) is 0.668. The number of hydrogen-bond acceptors (Lipinski definition) is 1. The third kappa shape index (κ3) is 5.02. The molecule has 0 aromatic heterocycles. The van der Waals surface area contributed by atoms with Gasteiger partial charge in [-0.3, -0.25) is 4.79 Å². The number of rotatable bonds is 5. The highest BCUT2D eigenvalue weighted by molar-refractivity contribution is 14.1. The molecule has 10 heavy (non-hydrogen) atoms. The fourth-order valence-corrected chi connectivity index (χ4v) is 1.21. The number of aliphatic carboxylic acids is 1. The molecule has 0 aromatic carbocycles. The number of carboxylic acid groups (broad SMARTS) is 1. The van der Waals surface area contributed by atoms with Crippen LogP contribution in [0.4, 0.5) is 0 Å². The van der Waals surface area contributed by atoms with Gasteiger partial charge in [-0.25, -0.2) is 0 Å². The van der Waals surface area contributed by atoms with Gasteiger partial charge < -0.3 is 5.11 Å². The van der Waals surface area contributed by atoms with Gasteiger partial charge in [-0.1, -0.05) is 35.9 Å². The summed E-state index contributed by atoms with van der Waals surface area (Å²) in [6.07, 6.45) is 2.99. The number of carboxylic acids is 1. The summed E-state index contributed by atoms with van der Waals surface area (Å²) < 4.78 is 1.13. The minimum absolute atomic E-state index is 0.164. The molecule has 1 atom stereocenters. The Bertz CT molecular complexity index is 104. The van der Waals surface area contributed by atoms with Gasteiger partial charge in [-0.2, -0.15) is 0 Å². The normalized spacial score (nSPS) is 13.0. The van der Waals surface area contributed by atoms with E-state index in [4.69, 9.17) is 5.11 Å². The second kappa shape index (κ2) is 5.95. The van der Waals surface area contributed by atoms with Crippen molar-refractivity contribution in [3.8, 4) is 0 Å². The number of unbranched alkanes of at least 4 members (excludes halogenated alkanes) is 1. The predicted molar refractivity (Wildman–Crippen MR) is 49.5 cm³/mol. The maximum atomic E-state index is 10.3. The average molecular weight is 256 g/mol. The van der Waals surface area contributed by atoms with Crippen molar-refractivity contribution >= 4 is 28.6 Å². The minimum Gasteiger partial charge on any atom is -0.481 e. The first kappa shape index (κ1) is 10.2. The van der Waals surface area contributed by atoms with Crippen molar-refractivity contribution in [1.29, 1.82) is 0 Å². The molecular weight excluding hydrogens is 243 g/mol. The molecule has 0 aliphatic rings. The van der Waals surface area contributed by atoms with Crippen LogP contribution >= 0.6 is 22.6 Å². The van der Waals surface area contributed by atoms with Crippen LogP contribution in [0.25, 0.3) is 0 Å². The molecule has 2 nitrogen and oxygen atoms in total. The fraction of sp³-hybridized carbons (Fsp3) is 0.857. The van der Waals surface area contributed by atoms with E-state index in [1.807, 2.05) is 0 Å². The third-order valence-corrected chi connectivity index (χ3v) is 2.21. The Hall–Kier alpha value is 0.200. The van der Waals surface area contributed by atoms with Crippen molar-refractivity contribution in [2.75, 3.05) is 4.43 Å². The molecule has 3 heteroatoms. The molecule has 0 aromatic rings. The van der Waals surface area contributed by atoms with E-state index in [1.54, 1.807) is 6.92 Å². The maximum Gasteiger partial charge on any atom is 0.306 e. The Morgan fingerprint density at radius 1 is 1.60 bits per heavy atom. The lowest BCUT2D eigenvalue weighted by molar-refractivity contribution is -0.141. The lowest BCUT2D eigenvalue weighted by Crippen LogP contribution is -2.08. The van der Waals surface area contributed by atoms with Crippen molar-refractivity contribution in [1.82, 2.24) is 0 Å². The third-order valence-electron chi connectivity index (χ3n) is 1.44. The van der Waals surface area contributed by atoms with Gasteiger partial charge in [0.2, 0.25) is 0 Å². The predicted octanol–water partition coefficient (Wildman–Crippen LogP) is 2.31. The van der Waals surface area contributed by atoms with Crippen molar-refractivity contribution in [3.05, 3.63) is 0 Å². The summed E-state index contributed by atoms with van der Waals surface area (Å²) >= 11 is 2.30. The van der Waals surface area contributed by atoms with Gasteiger partial charge in [0.05, 0.1) is 5.92 Å². The van der Waals surface area contributed by atoms with Gasteiger partial charge in [0, 0.05) is 0 Å². The second-order valence-electron chi connectivity index (χ2n) is 2.42. The van der Waals surface area contributed by atoms with Gasteiger partial charge in [-0.15, -0.1) is 0 Å².